The van der Waals surface area contributed by atoms with Crippen molar-refractivity contribution in [1.82, 2.24) is 4.98 Å². The van der Waals surface area contributed by atoms with Gasteiger partial charge in [-0.2, -0.15) is 5.26 Å². The van der Waals surface area contributed by atoms with Crippen LogP contribution in [0.3, 0.4) is 0 Å². The molecule has 0 fully saturated rings. The third-order valence-corrected chi connectivity index (χ3v) is 1.71. The molecule has 1 aromatic rings. The van der Waals surface area contributed by atoms with Crippen LogP contribution in [0.1, 0.15) is 11.1 Å². The Kier molecular flexibility index (Phi) is 2.65. The van der Waals surface area contributed by atoms with Gasteiger partial charge in [-0.05, 0) is 12.5 Å². The fraction of sp³-hybridized carbons (Fsp3) is 0.333. The Balaban J connectivity index is 3.12. The maximum absolute atomic E-state index is 8.54. The van der Waals surface area contributed by atoms with Crippen molar-refractivity contribution in [2.45, 2.75) is 13.3 Å². The van der Waals surface area contributed by atoms with Gasteiger partial charge in [0.2, 0.25) is 0 Å². The zero-order valence-electron chi connectivity index (χ0n) is 7.16. The summed E-state index contributed by atoms with van der Waals surface area (Å²) in [6.45, 7) is 1.92. The molecule has 3 heteroatoms. The molecule has 62 valence electrons. The largest absolute Gasteiger partial charge is 0.495 e. The van der Waals surface area contributed by atoms with Gasteiger partial charge in [0.25, 0.3) is 0 Å². The smallest absolute Gasteiger partial charge is 0.141 e. The summed E-state index contributed by atoms with van der Waals surface area (Å²) in [5, 5.41) is 8.54. The molecule has 1 rings (SSSR count). The Labute approximate surface area is 71.6 Å². The van der Waals surface area contributed by atoms with Crippen molar-refractivity contribution in [3.8, 4) is 11.8 Å². The van der Waals surface area contributed by atoms with Gasteiger partial charge in [0.05, 0.1) is 25.8 Å². The quantitative estimate of drug-likeness (QED) is 0.661. The molecule has 0 aliphatic heterocycles. The van der Waals surface area contributed by atoms with Gasteiger partial charge in [0.1, 0.15) is 5.75 Å². The molecule has 0 bridgehead atoms. The number of methoxy groups -OCH3 is 1. The van der Waals surface area contributed by atoms with Crippen molar-refractivity contribution < 1.29 is 4.74 Å². The summed E-state index contributed by atoms with van der Waals surface area (Å²) in [6, 6.07) is 2.09. The first-order chi connectivity index (χ1) is 5.79. The number of nitriles is 1. The maximum atomic E-state index is 8.54. The molecule has 0 aliphatic rings. The molecule has 1 aromatic heterocycles. The fourth-order valence-corrected chi connectivity index (χ4v) is 1.05. The number of hydrogen-bond acceptors (Lipinski definition) is 3. The number of hydrogen-bond donors (Lipinski definition) is 0. The van der Waals surface area contributed by atoms with Crippen LogP contribution in [0.4, 0.5) is 0 Å². The summed E-state index contributed by atoms with van der Waals surface area (Å²) in [4.78, 5) is 3.96. The van der Waals surface area contributed by atoms with Crippen LogP contribution < -0.4 is 4.74 Å². The second-order valence-corrected chi connectivity index (χ2v) is 2.47. The van der Waals surface area contributed by atoms with E-state index in [0.29, 0.717) is 12.2 Å². The molecule has 3 nitrogen and oxygen atoms in total. The van der Waals surface area contributed by atoms with Crippen molar-refractivity contribution in [3.05, 3.63) is 23.5 Å². The van der Waals surface area contributed by atoms with E-state index >= 15 is 0 Å². The van der Waals surface area contributed by atoms with Crippen molar-refractivity contribution in [2.75, 3.05) is 7.11 Å². The minimum atomic E-state index is 0.373. The van der Waals surface area contributed by atoms with Gasteiger partial charge < -0.3 is 4.74 Å². The minimum Gasteiger partial charge on any atom is -0.495 e. The fourth-order valence-electron chi connectivity index (χ4n) is 1.05. The van der Waals surface area contributed by atoms with Crippen LogP contribution >= 0.6 is 0 Å². The molecule has 1 heterocycles. The zero-order valence-corrected chi connectivity index (χ0v) is 7.16. The van der Waals surface area contributed by atoms with Crippen LogP contribution in [0.5, 0.6) is 5.75 Å². The minimum absolute atomic E-state index is 0.373. The third-order valence-electron chi connectivity index (χ3n) is 1.71. The average Bonchev–Trinajstić information content (AvgIpc) is 2.09. The number of aromatic nitrogens is 1. The predicted octanol–water partition coefficient (Wildman–Crippen LogP) is 1.46. The summed E-state index contributed by atoms with van der Waals surface area (Å²) in [6.07, 6.45) is 3.73. The van der Waals surface area contributed by atoms with E-state index in [1.165, 1.54) is 0 Å². The zero-order chi connectivity index (χ0) is 8.97. The lowest BCUT2D eigenvalue weighted by atomic mass is 10.1. The van der Waals surface area contributed by atoms with E-state index in [1.54, 1.807) is 19.5 Å². The Morgan fingerprint density at radius 1 is 1.58 bits per heavy atom. The monoisotopic (exact) mass is 162 g/mol. The van der Waals surface area contributed by atoms with Gasteiger partial charge in [0.15, 0.2) is 0 Å². The number of pyridine rings is 1. The molecular weight excluding hydrogens is 152 g/mol. The summed E-state index contributed by atoms with van der Waals surface area (Å²) in [5.41, 5.74) is 1.92. The Morgan fingerprint density at radius 2 is 2.33 bits per heavy atom. The number of aryl methyl sites for hydroxylation is 1. The topological polar surface area (TPSA) is 45.9 Å². The number of rotatable bonds is 2. The molecule has 0 saturated heterocycles. The van der Waals surface area contributed by atoms with E-state index in [4.69, 9.17) is 10.00 Å². The molecule has 0 atom stereocenters. The van der Waals surface area contributed by atoms with E-state index in [1.807, 2.05) is 6.92 Å². The van der Waals surface area contributed by atoms with E-state index < -0.39 is 0 Å². The molecule has 0 amide bonds. The molecule has 0 saturated carbocycles. The summed E-state index contributed by atoms with van der Waals surface area (Å²) in [7, 11) is 1.58. The predicted molar refractivity (Wildman–Crippen MR) is 44.8 cm³/mol. The highest BCUT2D eigenvalue weighted by Crippen LogP contribution is 2.19. The van der Waals surface area contributed by atoms with Crippen LogP contribution in [0.25, 0.3) is 0 Å². The normalized spacial score (nSPS) is 9.08. The summed E-state index contributed by atoms with van der Waals surface area (Å²) >= 11 is 0. The maximum Gasteiger partial charge on any atom is 0.141 e. The summed E-state index contributed by atoms with van der Waals surface area (Å²) in [5.74, 6) is 0.691. The Bertz CT molecular complexity index is 315. The van der Waals surface area contributed by atoms with Crippen LogP contribution in [-0.2, 0) is 6.42 Å². The molecule has 0 aliphatic carbocycles. The number of ether oxygens (including phenoxy) is 1. The molecule has 0 aromatic carbocycles. The molecule has 0 N–H and O–H groups in total. The first kappa shape index (κ1) is 8.54. The first-order valence-electron chi connectivity index (χ1n) is 3.64. The van der Waals surface area contributed by atoms with Crippen molar-refractivity contribution in [1.29, 1.82) is 5.26 Å². The van der Waals surface area contributed by atoms with Crippen LogP contribution in [0.2, 0.25) is 0 Å². The van der Waals surface area contributed by atoms with Gasteiger partial charge in [0, 0.05) is 11.8 Å². The third kappa shape index (κ3) is 1.54. The van der Waals surface area contributed by atoms with Gasteiger partial charge in [-0.25, -0.2) is 0 Å². The molecule has 0 spiro atoms. The van der Waals surface area contributed by atoms with Crippen molar-refractivity contribution in [2.24, 2.45) is 0 Å². The van der Waals surface area contributed by atoms with Crippen LogP contribution in [0, 0.1) is 18.3 Å². The lowest BCUT2D eigenvalue weighted by Crippen LogP contribution is -1.95. The van der Waals surface area contributed by atoms with Gasteiger partial charge in [-0.15, -0.1) is 0 Å². The van der Waals surface area contributed by atoms with Crippen molar-refractivity contribution in [3.63, 3.8) is 0 Å². The van der Waals surface area contributed by atoms with Crippen LogP contribution in [-0.4, -0.2) is 12.1 Å². The average molecular weight is 162 g/mol. The highest BCUT2D eigenvalue weighted by molar-refractivity contribution is 5.38. The molecular formula is C9H10N2O. The van der Waals surface area contributed by atoms with Crippen molar-refractivity contribution >= 4 is 0 Å². The van der Waals surface area contributed by atoms with Gasteiger partial charge in [-0.3, -0.25) is 4.98 Å². The lowest BCUT2D eigenvalue weighted by Gasteiger charge is -2.06. The SMILES string of the molecule is COc1cncc(C)c1CC#N. The van der Waals surface area contributed by atoms with E-state index in [-0.39, 0.29) is 0 Å². The molecule has 0 unspecified atom stereocenters. The van der Waals surface area contributed by atoms with Gasteiger partial charge in [-0.1, -0.05) is 0 Å². The Hall–Kier alpha value is -1.56. The summed E-state index contributed by atoms with van der Waals surface area (Å²) < 4.78 is 5.07. The first-order valence-corrected chi connectivity index (χ1v) is 3.64. The van der Waals surface area contributed by atoms with Crippen LogP contribution in [0.15, 0.2) is 12.4 Å². The molecule has 0 radical (unpaired) electrons. The van der Waals surface area contributed by atoms with E-state index in [2.05, 4.69) is 11.1 Å². The highest BCUT2D eigenvalue weighted by atomic mass is 16.5. The second kappa shape index (κ2) is 3.72. The lowest BCUT2D eigenvalue weighted by molar-refractivity contribution is 0.408. The van der Waals surface area contributed by atoms with E-state index in [0.717, 1.165) is 11.1 Å². The van der Waals surface area contributed by atoms with E-state index in [9.17, 15) is 0 Å². The second-order valence-electron chi connectivity index (χ2n) is 2.47. The standard InChI is InChI=1S/C9H10N2O/c1-7-5-11-6-9(12-2)8(7)3-4-10/h5-6H,3H2,1-2H3. The Morgan fingerprint density at radius 3 is 2.92 bits per heavy atom. The van der Waals surface area contributed by atoms with Gasteiger partial charge >= 0.3 is 0 Å². The molecule has 12 heavy (non-hydrogen) atoms. The number of nitrogens with zero attached hydrogens (tertiary/aromatic N) is 2. The highest BCUT2D eigenvalue weighted by Gasteiger charge is 2.04.